The van der Waals surface area contributed by atoms with E-state index in [-0.39, 0.29) is 44.0 Å². The molecule has 0 aliphatic heterocycles. The fraction of sp³-hybridized carbons (Fsp3) is 0.340. The van der Waals surface area contributed by atoms with Gasteiger partial charge in [0.25, 0.3) is 0 Å². The maximum absolute atomic E-state index is 5.76. The van der Waals surface area contributed by atoms with Crippen molar-refractivity contribution in [3.05, 3.63) is 114 Å². The van der Waals surface area contributed by atoms with Crippen LogP contribution in [0.5, 0.6) is 0 Å². The predicted octanol–water partition coefficient (Wildman–Crippen LogP) is 12.9. The molecular formula is C47H49AuN2O. The molecule has 3 aromatic heterocycles. The molecule has 4 aromatic carbocycles. The molecule has 7 rings (SSSR count). The summed E-state index contributed by atoms with van der Waals surface area (Å²) in [6, 6.07) is 32.3. The van der Waals surface area contributed by atoms with Gasteiger partial charge in [0.05, 0.1) is 6.26 Å². The Morgan fingerprint density at radius 3 is 1.69 bits per heavy atom. The van der Waals surface area contributed by atoms with Crippen molar-refractivity contribution >= 4 is 32.8 Å². The molecule has 0 amide bonds. The van der Waals surface area contributed by atoms with Crippen LogP contribution in [0.3, 0.4) is 0 Å². The van der Waals surface area contributed by atoms with E-state index in [0.29, 0.717) is 0 Å². The van der Waals surface area contributed by atoms with Crippen molar-refractivity contribution in [1.29, 1.82) is 0 Å². The Bertz CT molecular complexity index is 2410. The smallest absolute Gasteiger partial charge is 0.663 e. The van der Waals surface area contributed by atoms with Crippen LogP contribution in [0.25, 0.3) is 66.3 Å². The van der Waals surface area contributed by atoms with Crippen LogP contribution in [0.2, 0.25) is 0 Å². The van der Waals surface area contributed by atoms with E-state index >= 15 is 0 Å². The van der Waals surface area contributed by atoms with Gasteiger partial charge in [-0.2, -0.15) is 40.9 Å². The third-order valence-electron chi connectivity index (χ3n) is 10.0. The minimum absolute atomic E-state index is 0. The molecule has 0 spiro atoms. The van der Waals surface area contributed by atoms with Crippen LogP contribution in [-0.4, -0.2) is 4.98 Å². The Labute approximate surface area is 319 Å². The minimum Gasteiger partial charge on any atom is -0.663 e. The Hall–Kier alpha value is -3.89. The third kappa shape index (κ3) is 7.14. The topological polar surface area (TPSA) is 40.1 Å². The van der Waals surface area contributed by atoms with Crippen LogP contribution in [-0.2, 0) is 44.0 Å². The minimum atomic E-state index is -0.0958. The van der Waals surface area contributed by atoms with Crippen LogP contribution in [0, 0.1) is 12.1 Å². The van der Waals surface area contributed by atoms with Gasteiger partial charge < -0.3 is 9.40 Å². The quantitative estimate of drug-likeness (QED) is 0.131. The van der Waals surface area contributed by atoms with Crippen molar-refractivity contribution in [2.45, 2.75) is 105 Å². The molecule has 0 saturated carbocycles. The molecule has 0 fully saturated rings. The molecule has 0 N–H and O–H groups in total. The first-order valence-electron chi connectivity index (χ1n) is 17.8. The molecule has 0 saturated heterocycles. The summed E-state index contributed by atoms with van der Waals surface area (Å²) in [4.78, 5) is 10.1. The van der Waals surface area contributed by atoms with Crippen LogP contribution < -0.4 is 4.98 Å². The second-order valence-corrected chi connectivity index (χ2v) is 18.2. The van der Waals surface area contributed by atoms with Crippen molar-refractivity contribution in [2.75, 3.05) is 0 Å². The third-order valence-corrected chi connectivity index (χ3v) is 10.0. The monoisotopic (exact) mass is 854 g/mol. The Morgan fingerprint density at radius 2 is 1.08 bits per heavy atom. The van der Waals surface area contributed by atoms with Crippen molar-refractivity contribution in [3.63, 3.8) is 0 Å². The zero-order valence-corrected chi connectivity index (χ0v) is 34.3. The SMILES string of the molecule is CC(C)(C)c1cc(-c2[c-]c(-c3cc(C(C)(C)C)cc4c3[n-]c3ccc(C(C)(C)C)cc34)cc(C(C)(C)C)c2)[c-]c(-c2cc3occc3cn2)c1.[Au+3]. The Morgan fingerprint density at radius 1 is 0.549 bits per heavy atom. The van der Waals surface area contributed by atoms with E-state index < -0.39 is 0 Å². The average molecular weight is 855 g/mol. The van der Waals surface area contributed by atoms with Crippen molar-refractivity contribution in [3.8, 4) is 33.5 Å². The zero-order valence-electron chi connectivity index (χ0n) is 32.1. The number of fused-ring (bicyclic) bond motifs is 4. The summed E-state index contributed by atoms with van der Waals surface area (Å²) in [7, 11) is 0. The second kappa shape index (κ2) is 12.7. The van der Waals surface area contributed by atoms with E-state index in [0.717, 1.165) is 55.5 Å². The van der Waals surface area contributed by atoms with Crippen LogP contribution >= 0.6 is 0 Å². The van der Waals surface area contributed by atoms with Gasteiger partial charge in [0.2, 0.25) is 0 Å². The van der Waals surface area contributed by atoms with E-state index in [9.17, 15) is 0 Å². The largest absolute Gasteiger partial charge is 3.00 e. The fourth-order valence-electron chi connectivity index (χ4n) is 6.62. The van der Waals surface area contributed by atoms with Gasteiger partial charge in [-0.25, -0.2) is 0 Å². The van der Waals surface area contributed by atoms with Crippen LogP contribution in [0.4, 0.5) is 0 Å². The molecule has 3 heterocycles. The molecule has 0 unspecified atom stereocenters. The molecule has 51 heavy (non-hydrogen) atoms. The van der Waals surface area contributed by atoms with Crippen LogP contribution in [0.1, 0.15) is 105 Å². The van der Waals surface area contributed by atoms with Gasteiger partial charge in [-0.3, -0.25) is 4.98 Å². The maximum Gasteiger partial charge on any atom is 3.00 e. The summed E-state index contributed by atoms with van der Waals surface area (Å²) in [5, 5.41) is 3.40. The summed E-state index contributed by atoms with van der Waals surface area (Å²) in [5.74, 6) is 0. The van der Waals surface area contributed by atoms with Gasteiger partial charge >= 0.3 is 22.4 Å². The van der Waals surface area contributed by atoms with E-state index in [4.69, 9.17) is 14.4 Å². The first-order chi connectivity index (χ1) is 23.3. The van der Waals surface area contributed by atoms with E-state index in [1.54, 1.807) is 6.26 Å². The van der Waals surface area contributed by atoms with Gasteiger partial charge in [-0.1, -0.05) is 119 Å². The van der Waals surface area contributed by atoms with Crippen LogP contribution in [0.15, 0.2) is 83.6 Å². The molecule has 0 aliphatic carbocycles. The summed E-state index contributed by atoms with van der Waals surface area (Å²) in [6.45, 7) is 27.3. The second-order valence-electron chi connectivity index (χ2n) is 18.2. The first kappa shape index (κ1) is 36.9. The van der Waals surface area contributed by atoms with E-state index in [1.807, 2.05) is 18.3 Å². The Kier molecular flexibility index (Phi) is 9.15. The number of nitrogens with zero attached hydrogens (tertiary/aromatic N) is 2. The van der Waals surface area contributed by atoms with Crippen molar-refractivity contribution in [1.82, 2.24) is 9.97 Å². The van der Waals surface area contributed by atoms with Gasteiger partial charge in [0, 0.05) is 17.3 Å². The number of hydrogen-bond donors (Lipinski definition) is 0. The molecule has 0 radical (unpaired) electrons. The number of aromatic nitrogens is 2. The van der Waals surface area contributed by atoms with Crippen molar-refractivity contribution in [2.24, 2.45) is 0 Å². The zero-order chi connectivity index (χ0) is 36.0. The first-order valence-corrected chi connectivity index (χ1v) is 17.8. The van der Waals surface area contributed by atoms with E-state index in [2.05, 4.69) is 150 Å². The summed E-state index contributed by atoms with van der Waals surface area (Å²) >= 11 is 0. The molecular weight excluding hydrogens is 805 g/mol. The Balaban J connectivity index is 0.00000448. The van der Waals surface area contributed by atoms with Gasteiger partial charge in [0.1, 0.15) is 5.58 Å². The molecule has 4 heteroatoms. The molecule has 7 aromatic rings. The predicted molar refractivity (Wildman–Crippen MR) is 211 cm³/mol. The fourth-order valence-corrected chi connectivity index (χ4v) is 6.62. The molecule has 0 atom stereocenters. The summed E-state index contributed by atoms with van der Waals surface area (Å²) in [5.41, 5.74) is 13.7. The van der Waals surface area contributed by atoms with Gasteiger partial charge in [0.15, 0.2) is 0 Å². The standard InChI is InChI=1S/C47H49N2O.Au/c1-44(2,3)33-13-14-40-38(23-33)39-25-36(47(10,11)12)24-37(43(39)49-40)31-17-29(19-34(21-31)45(4,5)6)30-18-32(22-35(20-30)46(7,8)9)41-26-42-28(27-48-41)15-16-50-42;/h13-16,19-27H,1-12H3;/q-3;+3. The van der Waals surface area contributed by atoms with E-state index in [1.165, 1.54) is 33.0 Å². The molecule has 264 valence electrons. The number of rotatable bonds is 3. The average Bonchev–Trinajstić information content (AvgIpc) is 3.66. The maximum atomic E-state index is 5.76. The summed E-state index contributed by atoms with van der Waals surface area (Å²) < 4.78 is 5.76. The van der Waals surface area contributed by atoms with Gasteiger partial charge in [-0.05, 0) is 55.7 Å². The number of furan rings is 1. The normalized spacial score (nSPS) is 12.9. The van der Waals surface area contributed by atoms with Crippen molar-refractivity contribution < 1.29 is 26.8 Å². The molecule has 0 bridgehead atoms. The number of benzene rings is 4. The number of pyridine rings is 1. The molecule has 3 nitrogen and oxygen atoms in total. The van der Waals surface area contributed by atoms with Gasteiger partial charge in [-0.15, -0.1) is 39.9 Å². The molecule has 0 aliphatic rings. The number of hydrogen-bond acceptors (Lipinski definition) is 2. The summed E-state index contributed by atoms with van der Waals surface area (Å²) in [6.07, 6.45) is 3.59.